The van der Waals surface area contributed by atoms with Crippen molar-refractivity contribution in [2.45, 2.75) is 81.1 Å². The average molecular weight is 596 g/mol. The number of rotatable bonds is 10. The standard InChI is InChI=1S/C37H43NO4.C2H6/c1-36(2,3)24-33(37(4,5)6)35(39)41-23-22-40-31-18-16-30(17-19-31)34(29-8-7-9-29)42-32-20-14-28(15-21-32)27-12-10-26(25-38)11-13-27;1-2/h10-21,33H,7-9,22-24H2,1-6H3;1-2H3. The lowest BCUT2D eigenvalue weighted by Gasteiger charge is -2.33. The first-order valence-corrected chi connectivity index (χ1v) is 15.8. The van der Waals surface area contributed by atoms with E-state index in [-0.39, 0.29) is 29.3 Å². The number of benzene rings is 3. The largest absolute Gasteiger partial charge is 0.490 e. The van der Waals surface area contributed by atoms with Gasteiger partial charge in [-0.15, -0.1) is 0 Å². The molecule has 234 valence electrons. The van der Waals surface area contributed by atoms with Crippen molar-refractivity contribution >= 4 is 11.7 Å². The van der Waals surface area contributed by atoms with Crippen molar-refractivity contribution < 1.29 is 19.0 Å². The molecule has 3 aromatic rings. The number of carbonyl (C=O) groups excluding carboxylic acids is 1. The van der Waals surface area contributed by atoms with Gasteiger partial charge in [0.2, 0.25) is 0 Å². The molecule has 0 radical (unpaired) electrons. The van der Waals surface area contributed by atoms with Crippen molar-refractivity contribution in [2.24, 2.45) is 16.7 Å². The Labute approximate surface area is 264 Å². The maximum Gasteiger partial charge on any atom is 0.309 e. The molecule has 1 unspecified atom stereocenters. The molecular formula is C39H49NO4. The minimum Gasteiger partial charge on any atom is -0.490 e. The van der Waals surface area contributed by atoms with Crippen LogP contribution >= 0.6 is 0 Å². The van der Waals surface area contributed by atoms with E-state index in [1.165, 1.54) is 12.0 Å². The smallest absolute Gasteiger partial charge is 0.309 e. The van der Waals surface area contributed by atoms with Crippen LogP contribution < -0.4 is 9.47 Å². The zero-order chi connectivity index (χ0) is 32.3. The number of esters is 1. The molecule has 1 atom stereocenters. The molecule has 0 N–H and O–H groups in total. The molecule has 44 heavy (non-hydrogen) atoms. The average Bonchev–Trinajstić information content (AvgIpc) is 2.97. The van der Waals surface area contributed by atoms with Gasteiger partial charge in [0.25, 0.3) is 0 Å². The topological polar surface area (TPSA) is 68.6 Å². The summed E-state index contributed by atoms with van der Waals surface area (Å²) in [4.78, 5) is 12.9. The van der Waals surface area contributed by atoms with Crippen LogP contribution in [0.5, 0.6) is 11.5 Å². The van der Waals surface area contributed by atoms with E-state index in [2.05, 4.69) is 47.6 Å². The van der Waals surface area contributed by atoms with Gasteiger partial charge in [-0.25, -0.2) is 0 Å². The number of allylic oxidation sites excluding steroid dienone is 1. The number of nitriles is 1. The first-order valence-electron chi connectivity index (χ1n) is 15.8. The molecule has 5 nitrogen and oxygen atoms in total. The Morgan fingerprint density at radius 1 is 0.795 bits per heavy atom. The number of hydrogen-bond acceptors (Lipinski definition) is 5. The fourth-order valence-corrected chi connectivity index (χ4v) is 4.95. The number of ether oxygens (including phenoxy) is 3. The highest BCUT2D eigenvalue weighted by atomic mass is 16.6. The van der Waals surface area contributed by atoms with Gasteiger partial charge in [0.15, 0.2) is 0 Å². The Morgan fingerprint density at radius 2 is 1.34 bits per heavy atom. The Bertz CT molecular complexity index is 1410. The lowest BCUT2D eigenvalue weighted by molar-refractivity contribution is -0.154. The lowest BCUT2D eigenvalue weighted by atomic mass is 9.72. The second kappa shape index (κ2) is 15.6. The van der Waals surface area contributed by atoms with Crippen molar-refractivity contribution in [3.63, 3.8) is 0 Å². The van der Waals surface area contributed by atoms with Crippen LogP contribution in [0.3, 0.4) is 0 Å². The maximum absolute atomic E-state index is 12.9. The summed E-state index contributed by atoms with van der Waals surface area (Å²) >= 11 is 0. The van der Waals surface area contributed by atoms with Gasteiger partial charge in [0.05, 0.1) is 17.6 Å². The summed E-state index contributed by atoms with van der Waals surface area (Å²) in [7, 11) is 0. The van der Waals surface area contributed by atoms with E-state index in [1.54, 1.807) is 0 Å². The van der Waals surface area contributed by atoms with Crippen LogP contribution in [0.1, 0.15) is 92.2 Å². The van der Waals surface area contributed by atoms with Gasteiger partial charge < -0.3 is 14.2 Å². The van der Waals surface area contributed by atoms with Gasteiger partial charge in [0, 0.05) is 5.56 Å². The monoisotopic (exact) mass is 595 g/mol. The first-order chi connectivity index (χ1) is 20.9. The highest BCUT2D eigenvalue weighted by molar-refractivity contribution is 5.73. The van der Waals surface area contributed by atoms with Crippen molar-refractivity contribution in [2.75, 3.05) is 13.2 Å². The Kier molecular flexibility index (Phi) is 12.2. The minimum atomic E-state index is -0.165. The fourth-order valence-electron chi connectivity index (χ4n) is 4.95. The molecule has 0 aliphatic heterocycles. The van der Waals surface area contributed by atoms with Gasteiger partial charge >= 0.3 is 5.97 Å². The summed E-state index contributed by atoms with van der Waals surface area (Å²) in [6, 6.07) is 25.7. The third-order valence-corrected chi connectivity index (χ3v) is 7.56. The summed E-state index contributed by atoms with van der Waals surface area (Å²) in [5.74, 6) is 2.09. The predicted molar refractivity (Wildman–Crippen MR) is 179 cm³/mol. The molecule has 1 saturated carbocycles. The molecule has 5 heteroatoms. The highest BCUT2D eigenvalue weighted by Gasteiger charge is 2.35. The predicted octanol–water partition coefficient (Wildman–Crippen LogP) is 10.2. The highest BCUT2D eigenvalue weighted by Crippen LogP contribution is 2.37. The SMILES string of the molecule is CC.CC(C)(C)CC(C(=O)OCCOc1ccc(C(Oc2ccc(-c3ccc(C#N)cc3)cc2)=C2CCC2)cc1)C(C)(C)C. The third-order valence-electron chi connectivity index (χ3n) is 7.56. The molecule has 0 saturated heterocycles. The molecule has 0 spiro atoms. The van der Waals surface area contributed by atoms with E-state index in [1.807, 2.05) is 86.6 Å². The summed E-state index contributed by atoms with van der Waals surface area (Å²) in [6.45, 7) is 17.2. The van der Waals surface area contributed by atoms with Crippen LogP contribution in [0.15, 0.2) is 78.4 Å². The van der Waals surface area contributed by atoms with Crippen molar-refractivity contribution in [1.29, 1.82) is 5.26 Å². The fraction of sp³-hybridized carbons (Fsp3) is 0.436. The molecule has 0 heterocycles. The summed E-state index contributed by atoms with van der Waals surface area (Å²) < 4.78 is 17.9. The number of hydrogen-bond donors (Lipinski definition) is 0. The molecule has 0 bridgehead atoms. The first kappa shape index (κ1) is 34.5. The zero-order valence-electron chi connectivity index (χ0n) is 27.8. The van der Waals surface area contributed by atoms with E-state index in [0.29, 0.717) is 12.2 Å². The van der Waals surface area contributed by atoms with Crippen LogP contribution in [0.25, 0.3) is 16.9 Å². The Balaban J connectivity index is 0.00000259. The van der Waals surface area contributed by atoms with E-state index >= 15 is 0 Å². The summed E-state index contributed by atoms with van der Waals surface area (Å²) in [5, 5.41) is 9.04. The van der Waals surface area contributed by atoms with E-state index in [9.17, 15) is 4.79 Å². The van der Waals surface area contributed by atoms with Gasteiger partial charge in [-0.1, -0.05) is 79.7 Å². The number of nitrogens with zero attached hydrogens (tertiary/aromatic N) is 1. The molecule has 3 aromatic carbocycles. The van der Waals surface area contributed by atoms with Crippen LogP contribution in [0.2, 0.25) is 0 Å². The van der Waals surface area contributed by atoms with Gasteiger partial charge in [-0.3, -0.25) is 4.79 Å². The van der Waals surface area contributed by atoms with Gasteiger partial charge in [-0.05, 0) is 102 Å². The van der Waals surface area contributed by atoms with E-state index < -0.39 is 0 Å². The van der Waals surface area contributed by atoms with Gasteiger partial charge in [-0.2, -0.15) is 5.26 Å². The summed E-state index contributed by atoms with van der Waals surface area (Å²) in [5.41, 5.74) is 4.98. The van der Waals surface area contributed by atoms with Crippen LogP contribution in [0.4, 0.5) is 0 Å². The van der Waals surface area contributed by atoms with Crippen LogP contribution in [-0.2, 0) is 9.53 Å². The molecule has 4 rings (SSSR count). The molecular weight excluding hydrogens is 546 g/mol. The van der Waals surface area contributed by atoms with E-state index in [0.717, 1.165) is 53.2 Å². The van der Waals surface area contributed by atoms with Crippen molar-refractivity contribution in [3.05, 3.63) is 89.5 Å². The number of carbonyl (C=O) groups is 1. The summed E-state index contributed by atoms with van der Waals surface area (Å²) in [6.07, 6.45) is 4.02. The Morgan fingerprint density at radius 3 is 1.82 bits per heavy atom. The normalized spacial score (nSPS) is 13.4. The Hall–Kier alpha value is -4.04. The van der Waals surface area contributed by atoms with Crippen LogP contribution in [0, 0.1) is 28.1 Å². The molecule has 0 aromatic heterocycles. The van der Waals surface area contributed by atoms with Crippen LogP contribution in [-0.4, -0.2) is 19.2 Å². The molecule has 1 aliphatic rings. The maximum atomic E-state index is 12.9. The van der Waals surface area contributed by atoms with Crippen molar-refractivity contribution in [1.82, 2.24) is 0 Å². The van der Waals surface area contributed by atoms with E-state index in [4.69, 9.17) is 19.5 Å². The minimum absolute atomic E-state index is 0.0438. The molecule has 0 amide bonds. The second-order valence-corrected chi connectivity index (χ2v) is 13.3. The second-order valence-electron chi connectivity index (χ2n) is 13.3. The lowest BCUT2D eigenvalue weighted by Crippen LogP contribution is -2.34. The van der Waals surface area contributed by atoms with Gasteiger partial charge in [0.1, 0.15) is 30.5 Å². The third kappa shape index (κ3) is 10.0. The van der Waals surface area contributed by atoms with Crippen molar-refractivity contribution in [3.8, 4) is 28.7 Å². The quantitative estimate of drug-likeness (QED) is 0.132. The molecule has 1 fully saturated rings. The molecule has 1 aliphatic carbocycles. The zero-order valence-corrected chi connectivity index (χ0v) is 27.8.